The van der Waals surface area contributed by atoms with Crippen LogP contribution in [0.4, 0.5) is 10.1 Å². The predicted octanol–water partition coefficient (Wildman–Crippen LogP) is 1.89. The van der Waals surface area contributed by atoms with Crippen LogP contribution in [0.5, 0.6) is 0 Å². The van der Waals surface area contributed by atoms with Crippen LogP contribution in [0, 0.1) is 0 Å². The number of hydrogen-bond donors (Lipinski definition) is 1. The van der Waals surface area contributed by atoms with Crippen LogP contribution in [0.1, 0.15) is 25.5 Å². The zero-order valence-corrected chi connectivity index (χ0v) is 8.73. The van der Waals surface area contributed by atoms with Crippen molar-refractivity contribution >= 4 is 21.5 Å². The average Bonchev–Trinajstić information content (AvgIpc) is 2.71. The number of hydrogen-bond acceptors (Lipinski definition) is 4. The second-order valence-corrected chi connectivity index (χ2v) is 4.36. The molecule has 0 aliphatic carbocycles. The Kier molecular flexibility index (Phi) is 2.40. The van der Waals surface area contributed by atoms with Gasteiger partial charge >= 0.3 is 0 Å². The van der Waals surface area contributed by atoms with Gasteiger partial charge in [-0.15, -0.1) is 0 Å². The summed E-state index contributed by atoms with van der Waals surface area (Å²) in [5, 5.41) is 2.01. The molecule has 1 fully saturated rings. The van der Waals surface area contributed by atoms with Gasteiger partial charge in [-0.2, -0.15) is 0 Å². The quantitative estimate of drug-likeness (QED) is 0.787. The molecule has 0 bridgehead atoms. The van der Waals surface area contributed by atoms with Crippen LogP contribution < -0.4 is 10.6 Å². The zero-order chi connectivity index (χ0) is 9.26. The van der Waals surface area contributed by atoms with Crippen molar-refractivity contribution in [1.29, 1.82) is 0 Å². The smallest absolute Gasteiger partial charge is 0.187 e. The van der Waals surface area contributed by atoms with Crippen molar-refractivity contribution in [3.63, 3.8) is 0 Å². The van der Waals surface area contributed by atoms with Crippen LogP contribution in [-0.4, -0.2) is 18.1 Å². The Morgan fingerprint density at radius 1 is 1.46 bits per heavy atom. The topological polar surface area (TPSA) is 42.2 Å². The molecule has 0 saturated carbocycles. The first-order valence-electron chi connectivity index (χ1n) is 4.81. The highest BCUT2D eigenvalue weighted by Crippen LogP contribution is 2.30. The van der Waals surface area contributed by atoms with Gasteiger partial charge in [-0.05, 0) is 19.3 Å². The van der Waals surface area contributed by atoms with E-state index >= 15 is 0 Å². The Hall–Kier alpha value is -0.770. The fourth-order valence-corrected chi connectivity index (χ4v) is 2.62. The Balaban J connectivity index is 2.20. The summed E-state index contributed by atoms with van der Waals surface area (Å²) < 4.78 is 0. The van der Waals surface area contributed by atoms with Crippen molar-refractivity contribution in [1.82, 2.24) is 4.98 Å². The first-order valence-corrected chi connectivity index (χ1v) is 5.63. The normalized spacial score (nSPS) is 16.8. The lowest BCUT2D eigenvalue weighted by atomic mass is 10.4. The highest BCUT2D eigenvalue weighted by Gasteiger charge is 2.17. The van der Waals surface area contributed by atoms with E-state index in [0.29, 0.717) is 0 Å². The zero-order valence-electron chi connectivity index (χ0n) is 7.92. The third-order valence-corrected chi connectivity index (χ3v) is 3.42. The lowest BCUT2D eigenvalue weighted by molar-refractivity contribution is 0.941. The summed E-state index contributed by atoms with van der Waals surface area (Å²) in [5.41, 5.74) is 6.91. The molecule has 13 heavy (non-hydrogen) atoms. The van der Waals surface area contributed by atoms with E-state index in [-0.39, 0.29) is 0 Å². The number of nitrogens with zero attached hydrogens (tertiary/aromatic N) is 2. The Morgan fingerprint density at radius 2 is 2.15 bits per heavy atom. The predicted molar refractivity (Wildman–Crippen MR) is 57.4 cm³/mol. The molecule has 2 rings (SSSR count). The fraction of sp³-hybridized carbons (Fsp3) is 0.667. The average molecular weight is 197 g/mol. The molecule has 0 spiro atoms. The molecular weight excluding hydrogens is 182 g/mol. The van der Waals surface area contributed by atoms with Crippen molar-refractivity contribution in [2.24, 2.45) is 0 Å². The SMILES string of the molecule is CCc1nc(N2CCCC2)sc1N. The molecule has 4 heteroatoms. The molecule has 2 N–H and O–H groups in total. The van der Waals surface area contributed by atoms with Gasteiger partial charge in [-0.3, -0.25) is 0 Å². The Morgan fingerprint density at radius 3 is 2.69 bits per heavy atom. The molecule has 1 aliphatic rings. The van der Waals surface area contributed by atoms with E-state index in [1.165, 1.54) is 12.8 Å². The summed E-state index contributed by atoms with van der Waals surface area (Å²) >= 11 is 1.63. The van der Waals surface area contributed by atoms with Gasteiger partial charge in [0.15, 0.2) is 5.13 Å². The molecule has 1 aliphatic heterocycles. The maximum atomic E-state index is 5.85. The number of anilines is 2. The van der Waals surface area contributed by atoms with Gasteiger partial charge in [0.05, 0.1) is 5.69 Å². The molecule has 0 unspecified atom stereocenters. The van der Waals surface area contributed by atoms with E-state index in [0.717, 1.165) is 35.3 Å². The first kappa shape index (κ1) is 8.81. The third kappa shape index (κ3) is 1.63. The van der Waals surface area contributed by atoms with E-state index in [1.54, 1.807) is 11.3 Å². The number of nitrogen functional groups attached to an aromatic ring is 1. The van der Waals surface area contributed by atoms with Crippen LogP contribution >= 0.6 is 11.3 Å². The molecule has 0 aromatic carbocycles. The van der Waals surface area contributed by atoms with Crippen molar-refractivity contribution in [3.8, 4) is 0 Å². The fourth-order valence-electron chi connectivity index (χ4n) is 1.65. The highest BCUT2D eigenvalue weighted by molar-refractivity contribution is 7.19. The van der Waals surface area contributed by atoms with Gasteiger partial charge in [0.1, 0.15) is 5.00 Å². The second kappa shape index (κ2) is 3.54. The third-order valence-electron chi connectivity index (χ3n) is 2.43. The first-order chi connectivity index (χ1) is 6.31. The van der Waals surface area contributed by atoms with Crippen molar-refractivity contribution in [3.05, 3.63) is 5.69 Å². The van der Waals surface area contributed by atoms with E-state index in [9.17, 15) is 0 Å². The van der Waals surface area contributed by atoms with Gasteiger partial charge in [0.2, 0.25) is 0 Å². The lowest BCUT2D eigenvalue weighted by Gasteiger charge is -2.11. The minimum atomic E-state index is 0.893. The van der Waals surface area contributed by atoms with Gasteiger partial charge in [0.25, 0.3) is 0 Å². The summed E-state index contributed by atoms with van der Waals surface area (Å²) in [7, 11) is 0. The number of aromatic nitrogens is 1. The summed E-state index contributed by atoms with van der Waals surface area (Å²) in [4.78, 5) is 6.86. The van der Waals surface area contributed by atoms with Crippen LogP contribution in [0.15, 0.2) is 0 Å². The summed E-state index contributed by atoms with van der Waals surface area (Å²) in [6.07, 6.45) is 3.53. The van der Waals surface area contributed by atoms with Gasteiger partial charge in [0, 0.05) is 13.1 Å². The van der Waals surface area contributed by atoms with Gasteiger partial charge < -0.3 is 10.6 Å². The molecule has 1 saturated heterocycles. The van der Waals surface area contributed by atoms with Crippen LogP contribution in [0.25, 0.3) is 0 Å². The van der Waals surface area contributed by atoms with Crippen molar-refractivity contribution in [2.75, 3.05) is 23.7 Å². The molecule has 1 aromatic rings. The van der Waals surface area contributed by atoms with E-state index in [1.807, 2.05) is 0 Å². The van der Waals surface area contributed by atoms with E-state index in [4.69, 9.17) is 5.73 Å². The Bertz CT molecular complexity index is 289. The molecule has 1 aromatic heterocycles. The van der Waals surface area contributed by atoms with Crippen LogP contribution in [0.3, 0.4) is 0 Å². The van der Waals surface area contributed by atoms with Gasteiger partial charge in [-0.25, -0.2) is 4.98 Å². The maximum absolute atomic E-state index is 5.85. The number of rotatable bonds is 2. The van der Waals surface area contributed by atoms with Crippen LogP contribution in [-0.2, 0) is 6.42 Å². The largest absolute Gasteiger partial charge is 0.389 e. The Labute approximate surface area is 82.6 Å². The van der Waals surface area contributed by atoms with Crippen molar-refractivity contribution < 1.29 is 0 Å². The number of nitrogens with two attached hydrogens (primary N) is 1. The summed E-state index contributed by atoms with van der Waals surface area (Å²) in [6, 6.07) is 0. The summed E-state index contributed by atoms with van der Waals surface area (Å²) in [5.74, 6) is 0. The minimum absolute atomic E-state index is 0.893. The monoisotopic (exact) mass is 197 g/mol. The molecule has 0 radical (unpaired) electrons. The second-order valence-electron chi connectivity index (χ2n) is 3.36. The molecule has 2 heterocycles. The molecule has 72 valence electrons. The van der Waals surface area contributed by atoms with E-state index < -0.39 is 0 Å². The lowest BCUT2D eigenvalue weighted by Crippen LogP contribution is -2.17. The number of thiazole rings is 1. The molecule has 0 atom stereocenters. The standard InChI is InChI=1S/C9H15N3S/c1-2-7-8(10)13-9(11-7)12-5-3-4-6-12/h2-6,10H2,1H3. The van der Waals surface area contributed by atoms with Crippen LogP contribution in [0.2, 0.25) is 0 Å². The minimum Gasteiger partial charge on any atom is -0.389 e. The van der Waals surface area contributed by atoms with Crippen molar-refractivity contribution in [2.45, 2.75) is 26.2 Å². The maximum Gasteiger partial charge on any atom is 0.187 e. The summed E-state index contributed by atoms with van der Waals surface area (Å²) in [6.45, 7) is 4.39. The number of aryl methyl sites for hydroxylation is 1. The van der Waals surface area contributed by atoms with E-state index in [2.05, 4.69) is 16.8 Å². The molecular formula is C9H15N3S. The highest BCUT2D eigenvalue weighted by atomic mass is 32.1. The molecule has 3 nitrogen and oxygen atoms in total. The molecule has 0 amide bonds. The van der Waals surface area contributed by atoms with Gasteiger partial charge in [-0.1, -0.05) is 18.3 Å².